The van der Waals surface area contributed by atoms with Crippen LogP contribution in [0.4, 0.5) is 0 Å². The first-order chi connectivity index (χ1) is 6.84. The molecular formula is C10H11N3S. The lowest BCUT2D eigenvalue weighted by Crippen LogP contribution is -1.94. The largest absolute Gasteiger partial charge is 0.310 e. The van der Waals surface area contributed by atoms with Crippen LogP contribution < -0.4 is 0 Å². The summed E-state index contributed by atoms with van der Waals surface area (Å²) in [6.45, 7) is 3.20. The third kappa shape index (κ3) is 1.10. The summed E-state index contributed by atoms with van der Waals surface area (Å²) in [7, 11) is 0. The van der Waals surface area contributed by atoms with Crippen LogP contribution in [0, 0.1) is 6.92 Å². The van der Waals surface area contributed by atoms with Crippen LogP contribution in [0.15, 0.2) is 12.1 Å². The molecule has 2 aromatic heterocycles. The topological polar surface area (TPSA) is 30.7 Å². The number of rotatable bonds is 1. The molecule has 0 aliphatic carbocycles. The van der Waals surface area contributed by atoms with Gasteiger partial charge < -0.3 is 4.57 Å². The molecule has 0 amide bonds. The monoisotopic (exact) mass is 205 g/mol. The van der Waals surface area contributed by atoms with Gasteiger partial charge in [-0.1, -0.05) is 0 Å². The summed E-state index contributed by atoms with van der Waals surface area (Å²) in [4.78, 5) is 2.57. The molecule has 0 aromatic carbocycles. The lowest BCUT2D eigenvalue weighted by atomic mass is 10.4. The Hall–Kier alpha value is -1.16. The molecule has 4 heteroatoms. The molecule has 1 aliphatic heterocycles. The quantitative estimate of drug-likeness (QED) is 0.715. The van der Waals surface area contributed by atoms with Crippen molar-refractivity contribution in [1.82, 2.24) is 14.8 Å². The molecule has 14 heavy (non-hydrogen) atoms. The van der Waals surface area contributed by atoms with Crippen LogP contribution in [0.1, 0.15) is 17.1 Å². The Morgan fingerprint density at radius 1 is 1.36 bits per heavy atom. The van der Waals surface area contributed by atoms with Gasteiger partial charge in [0.05, 0.1) is 4.88 Å². The van der Waals surface area contributed by atoms with Gasteiger partial charge in [0, 0.05) is 17.8 Å². The molecule has 72 valence electrons. The molecule has 0 unspecified atom stereocenters. The van der Waals surface area contributed by atoms with Gasteiger partial charge in [0.25, 0.3) is 0 Å². The predicted octanol–water partition coefficient (Wildman–Crippen LogP) is 2.26. The molecule has 3 heterocycles. The number of aromatic nitrogens is 3. The van der Waals surface area contributed by atoms with Crippen LogP contribution in [0.2, 0.25) is 0 Å². The Kier molecular flexibility index (Phi) is 1.70. The molecule has 0 atom stereocenters. The highest BCUT2D eigenvalue weighted by atomic mass is 32.1. The van der Waals surface area contributed by atoms with Gasteiger partial charge in [-0.2, -0.15) is 0 Å². The molecule has 0 N–H and O–H groups in total. The van der Waals surface area contributed by atoms with Crippen LogP contribution in [0.3, 0.4) is 0 Å². The fourth-order valence-corrected chi connectivity index (χ4v) is 2.75. The molecular weight excluding hydrogens is 194 g/mol. The fraction of sp³-hybridized carbons (Fsp3) is 0.400. The summed E-state index contributed by atoms with van der Waals surface area (Å²) in [5.41, 5.74) is 0. The van der Waals surface area contributed by atoms with Crippen molar-refractivity contribution in [1.29, 1.82) is 0 Å². The average molecular weight is 205 g/mol. The van der Waals surface area contributed by atoms with Crippen molar-refractivity contribution in [3.63, 3.8) is 0 Å². The van der Waals surface area contributed by atoms with Gasteiger partial charge in [-0.15, -0.1) is 21.5 Å². The van der Waals surface area contributed by atoms with Crippen molar-refractivity contribution in [2.45, 2.75) is 26.3 Å². The van der Waals surface area contributed by atoms with E-state index in [-0.39, 0.29) is 0 Å². The van der Waals surface area contributed by atoms with Gasteiger partial charge in [-0.25, -0.2) is 0 Å². The highest BCUT2D eigenvalue weighted by Gasteiger charge is 2.18. The highest BCUT2D eigenvalue weighted by Crippen LogP contribution is 2.28. The number of fused-ring (bicyclic) bond motifs is 1. The first-order valence-electron chi connectivity index (χ1n) is 4.83. The Bertz CT molecular complexity index is 469. The first kappa shape index (κ1) is 8.17. The molecule has 0 radical (unpaired) electrons. The minimum Gasteiger partial charge on any atom is -0.310 e. The fourth-order valence-electron chi connectivity index (χ4n) is 1.89. The molecule has 1 aliphatic rings. The smallest absolute Gasteiger partial charge is 0.174 e. The van der Waals surface area contributed by atoms with Gasteiger partial charge >= 0.3 is 0 Å². The number of aryl methyl sites for hydroxylation is 2. The van der Waals surface area contributed by atoms with Crippen molar-refractivity contribution >= 4 is 11.3 Å². The number of thiophene rings is 1. The van der Waals surface area contributed by atoms with Crippen LogP contribution in [0.5, 0.6) is 0 Å². The molecule has 0 fully saturated rings. The summed E-state index contributed by atoms with van der Waals surface area (Å²) in [5, 5.41) is 8.45. The second kappa shape index (κ2) is 2.92. The van der Waals surface area contributed by atoms with Gasteiger partial charge in [0.15, 0.2) is 5.82 Å². The van der Waals surface area contributed by atoms with Crippen LogP contribution in [0.25, 0.3) is 10.7 Å². The summed E-state index contributed by atoms with van der Waals surface area (Å²) >= 11 is 1.79. The second-order valence-corrected chi connectivity index (χ2v) is 4.89. The lowest BCUT2D eigenvalue weighted by Gasteiger charge is -1.98. The molecule has 0 saturated carbocycles. The molecule has 2 aromatic rings. The third-order valence-corrected chi connectivity index (χ3v) is 3.57. The van der Waals surface area contributed by atoms with E-state index in [1.807, 2.05) is 0 Å². The third-order valence-electron chi connectivity index (χ3n) is 2.57. The maximum atomic E-state index is 4.24. The maximum Gasteiger partial charge on any atom is 0.174 e. The number of hydrogen-bond donors (Lipinski definition) is 0. The second-order valence-electron chi connectivity index (χ2n) is 3.61. The van der Waals surface area contributed by atoms with Crippen molar-refractivity contribution in [2.24, 2.45) is 0 Å². The Morgan fingerprint density at radius 3 is 3.07 bits per heavy atom. The normalized spacial score (nSPS) is 14.6. The zero-order valence-electron chi connectivity index (χ0n) is 8.03. The van der Waals surface area contributed by atoms with Crippen molar-refractivity contribution < 1.29 is 0 Å². The summed E-state index contributed by atoms with van der Waals surface area (Å²) in [6, 6.07) is 4.27. The van der Waals surface area contributed by atoms with Crippen molar-refractivity contribution in [3.8, 4) is 10.7 Å². The minimum absolute atomic E-state index is 1.05. The molecule has 3 rings (SSSR count). The van der Waals surface area contributed by atoms with Crippen molar-refractivity contribution in [2.75, 3.05) is 0 Å². The van der Waals surface area contributed by atoms with Gasteiger partial charge in [0.1, 0.15) is 5.82 Å². The van der Waals surface area contributed by atoms with E-state index in [1.165, 1.54) is 16.2 Å². The van der Waals surface area contributed by atoms with E-state index in [0.717, 1.165) is 24.6 Å². The standard InChI is InChI=1S/C10H11N3S/c1-7-4-5-8(14-7)10-12-11-9-3-2-6-13(9)10/h4-5H,2-3,6H2,1H3. The minimum atomic E-state index is 1.05. The van der Waals surface area contributed by atoms with Crippen LogP contribution >= 0.6 is 11.3 Å². The van der Waals surface area contributed by atoms with Gasteiger partial charge in [0.2, 0.25) is 0 Å². The van der Waals surface area contributed by atoms with Crippen LogP contribution in [-0.4, -0.2) is 14.8 Å². The molecule has 3 nitrogen and oxygen atoms in total. The van der Waals surface area contributed by atoms with E-state index in [0.29, 0.717) is 0 Å². The summed E-state index contributed by atoms with van der Waals surface area (Å²) in [5.74, 6) is 2.20. The van der Waals surface area contributed by atoms with E-state index in [2.05, 4.69) is 33.8 Å². The summed E-state index contributed by atoms with van der Waals surface area (Å²) in [6.07, 6.45) is 2.29. The summed E-state index contributed by atoms with van der Waals surface area (Å²) < 4.78 is 2.24. The van der Waals surface area contributed by atoms with E-state index in [9.17, 15) is 0 Å². The zero-order chi connectivity index (χ0) is 9.54. The Labute approximate surface area is 86.4 Å². The lowest BCUT2D eigenvalue weighted by molar-refractivity contribution is 0.750. The molecule has 0 bridgehead atoms. The Balaban J connectivity index is 2.12. The van der Waals surface area contributed by atoms with E-state index >= 15 is 0 Å². The number of nitrogens with zero attached hydrogens (tertiary/aromatic N) is 3. The predicted molar refractivity (Wildman–Crippen MR) is 56.4 cm³/mol. The first-order valence-corrected chi connectivity index (χ1v) is 5.65. The SMILES string of the molecule is Cc1ccc(-c2nnc3n2CCC3)s1. The van der Waals surface area contributed by atoms with E-state index in [1.54, 1.807) is 11.3 Å². The average Bonchev–Trinajstić information content (AvgIpc) is 2.77. The molecule has 0 saturated heterocycles. The van der Waals surface area contributed by atoms with Crippen LogP contribution in [-0.2, 0) is 13.0 Å². The molecule has 0 spiro atoms. The maximum absolute atomic E-state index is 4.24. The van der Waals surface area contributed by atoms with E-state index in [4.69, 9.17) is 0 Å². The van der Waals surface area contributed by atoms with E-state index < -0.39 is 0 Å². The van der Waals surface area contributed by atoms with Gasteiger partial charge in [-0.3, -0.25) is 0 Å². The Morgan fingerprint density at radius 2 is 2.29 bits per heavy atom. The van der Waals surface area contributed by atoms with Crippen molar-refractivity contribution in [3.05, 3.63) is 22.8 Å². The highest BCUT2D eigenvalue weighted by molar-refractivity contribution is 7.15. The number of hydrogen-bond acceptors (Lipinski definition) is 3. The zero-order valence-corrected chi connectivity index (χ0v) is 8.84. The van der Waals surface area contributed by atoms with Gasteiger partial charge in [-0.05, 0) is 25.5 Å².